The quantitative estimate of drug-likeness (QED) is 0.394. The van der Waals surface area contributed by atoms with Gasteiger partial charge in [0.1, 0.15) is 6.10 Å². The Morgan fingerprint density at radius 1 is 1.57 bits per heavy atom. The van der Waals surface area contributed by atoms with E-state index < -0.39 is 12.1 Å². The molecule has 0 amide bonds. The fourth-order valence-corrected chi connectivity index (χ4v) is 0.718. The monoisotopic (exact) mass is 204 g/mol. The molecule has 0 aromatic heterocycles. The predicted molar refractivity (Wildman–Crippen MR) is 49.9 cm³/mol. The fraction of sp³-hybridized carbons (Fsp3) is 0.667. The number of carboxylic acids is 1. The summed E-state index contributed by atoms with van der Waals surface area (Å²) in [5, 5.41) is 25.8. The summed E-state index contributed by atoms with van der Waals surface area (Å²) in [6.45, 7) is 1.58. The number of hydrogen-bond donors (Lipinski definition) is 3. The van der Waals surface area contributed by atoms with Gasteiger partial charge in [-0.25, -0.2) is 4.79 Å². The molecule has 0 aromatic carbocycles. The summed E-state index contributed by atoms with van der Waals surface area (Å²) < 4.78 is 4.97. The van der Waals surface area contributed by atoms with Gasteiger partial charge in [-0.2, -0.15) is 0 Å². The second kappa shape index (κ2) is 7.49. The van der Waals surface area contributed by atoms with Crippen LogP contribution in [0.15, 0.2) is 11.6 Å². The molecule has 0 saturated carbocycles. The van der Waals surface area contributed by atoms with E-state index in [4.69, 9.17) is 20.1 Å². The van der Waals surface area contributed by atoms with Crippen molar-refractivity contribution >= 4 is 5.97 Å². The van der Waals surface area contributed by atoms with Gasteiger partial charge in [-0.05, 0) is 13.3 Å². The standard InChI is InChI=1S/C9H16O5/c1-7(9(12)13)3-2-4-14-6-8(11)5-10/h3,8,10-11H,2,4-6H2,1H3,(H,12,13). The first kappa shape index (κ1) is 13.1. The Morgan fingerprint density at radius 2 is 2.21 bits per heavy atom. The van der Waals surface area contributed by atoms with Gasteiger partial charge in [-0.1, -0.05) is 6.08 Å². The highest BCUT2D eigenvalue weighted by Crippen LogP contribution is 1.96. The van der Waals surface area contributed by atoms with E-state index in [9.17, 15) is 4.79 Å². The van der Waals surface area contributed by atoms with Crippen LogP contribution in [0.1, 0.15) is 13.3 Å². The number of ether oxygens (including phenoxy) is 1. The zero-order chi connectivity index (χ0) is 11.0. The number of aliphatic hydroxyl groups is 2. The molecule has 0 rings (SSSR count). The van der Waals surface area contributed by atoms with Gasteiger partial charge < -0.3 is 20.1 Å². The molecular formula is C9H16O5. The van der Waals surface area contributed by atoms with Gasteiger partial charge >= 0.3 is 5.97 Å². The van der Waals surface area contributed by atoms with E-state index in [-0.39, 0.29) is 18.8 Å². The normalized spacial score (nSPS) is 14.1. The van der Waals surface area contributed by atoms with Crippen LogP contribution in [-0.4, -0.2) is 47.2 Å². The Bertz CT molecular complexity index is 199. The lowest BCUT2D eigenvalue weighted by Crippen LogP contribution is -2.19. The smallest absolute Gasteiger partial charge is 0.330 e. The Labute approximate surface area is 82.6 Å². The van der Waals surface area contributed by atoms with Crippen molar-refractivity contribution in [1.82, 2.24) is 0 Å². The van der Waals surface area contributed by atoms with Gasteiger partial charge in [0.25, 0.3) is 0 Å². The molecule has 0 fully saturated rings. The minimum Gasteiger partial charge on any atom is -0.478 e. The summed E-state index contributed by atoms with van der Waals surface area (Å²) in [5.41, 5.74) is 0.274. The number of rotatable bonds is 7. The lowest BCUT2D eigenvalue weighted by Gasteiger charge is -2.06. The second-order valence-electron chi connectivity index (χ2n) is 2.89. The minimum atomic E-state index is -0.944. The molecule has 0 spiro atoms. The summed E-state index contributed by atoms with van der Waals surface area (Å²) in [4.78, 5) is 10.3. The molecule has 0 aromatic rings. The largest absolute Gasteiger partial charge is 0.478 e. The second-order valence-corrected chi connectivity index (χ2v) is 2.89. The summed E-state index contributed by atoms with van der Waals surface area (Å²) in [5.74, 6) is -0.944. The van der Waals surface area contributed by atoms with Crippen molar-refractivity contribution in [2.24, 2.45) is 0 Å². The molecule has 3 N–H and O–H groups in total. The summed E-state index contributed by atoms with van der Waals surface area (Å²) in [6, 6.07) is 0. The van der Waals surface area contributed by atoms with Crippen LogP contribution in [0.4, 0.5) is 0 Å². The first-order valence-electron chi connectivity index (χ1n) is 4.34. The molecule has 0 radical (unpaired) electrons. The summed E-state index contributed by atoms with van der Waals surface area (Å²) >= 11 is 0. The van der Waals surface area contributed by atoms with Crippen LogP contribution in [-0.2, 0) is 9.53 Å². The number of carbonyl (C=O) groups is 1. The fourth-order valence-electron chi connectivity index (χ4n) is 0.718. The van der Waals surface area contributed by atoms with E-state index >= 15 is 0 Å². The van der Waals surface area contributed by atoms with Crippen LogP contribution in [0.25, 0.3) is 0 Å². The van der Waals surface area contributed by atoms with Crippen LogP contribution in [0, 0.1) is 0 Å². The predicted octanol–water partition coefficient (Wildman–Crippen LogP) is -0.223. The first-order valence-corrected chi connectivity index (χ1v) is 4.34. The van der Waals surface area contributed by atoms with Crippen molar-refractivity contribution in [3.63, 3.8) is 0 Å². The van der Waals surface area contributed by atoms with Gasteiger partial charge in [0.05, 0.1) is 19.8 Å². The molecule has 0 aliphatic carbocycles. The van der Waals surface area contributed by atoms with E-state index in [1.54, 1.807) is 6.08 Å². The SMILES string of the molecule is CC(=CCCOCC(O)CO)C(=O)O. The Balaban J connectivity index is 3.47. The zero-order valence-corrected chi connectivity index (χ0v) is 8.14. The van der Waals surface area contributed by atoms with Gasteiger partial charge in [0, 0.05) is 5.57 Å². The summed E-state index contributed by atoms with van der Waals surface area (Å²) in [7, 11) is 0. The Kier molecular flexibility index (Phi) is 7.00. The molecule has 5 nitrogen and oxygen atoms in total. The maximum Gasteiger partial charge on any atom is 0.330 e. The Hall–Kier alpha value is -0.910. The maximum absolute atomic E-state index is 10.3. The van der Waals surface area contributed by atoms with Crippen LogP contribution in [0.2, 0.25) is 0 Å². The van der Waals surface area contributed by atoms with E-state index in [1.807, 2.05) is 0 Å². The lowest BCUT2D eigenvalue weighted by molar-refractivity contribution is -0.132. The highest BCUT2D eigenvalue weighted by atomic mass is 16.5. The van der Waals surface area contributed by atoms with E-state index in [1.165, 1.54) is 6.92 Å². The molecule has 14 heavy (non-hydrogen) atoms. The van der Waals surface area contributed by atoms with Crippen LogP contribution in [0.3, 0.4) is 0 Å². The number of hydrogen-bond acceptors (Lipinski definition) is 4. The third kappa shape index (κ3) is 6.59. The third-order valence-electron chi connectivity index (χ3n) is 1.57. The van der Waals surface area contributed by atoms with Crippen molar-refractivity contribution in [2.45, 2.75) is 19.4 Å². The molecule has 5 heteroatoms. The van der Waals surface area contributed by atoms with Crippen LogP contribution < -0.4 is 0 Å². The van der Waals surface area contributed by atoms with E-state index in [0.29, 0.717) is 13.0 Å². The summed E-state index contributed by atoms with van der Waals surface area (Å²) in [6.07, 6.45) is 1.17. The maximum atomic E-state index is 10.3. The van der Waals surface area contributed by atoms with Gasteiger partial charge in [-0.15, -0.1) is 0 Å². The zero-order valence-electron chi connectivity index (χ0n) is 8.14. The number of carboxylic acid groups (broad SMARTS) is 1. The van der Waals surface area contributed by atoms with E-state index in [2.05, 4.69) is 0 Å². The highest BCUT2D eigenvalue weighted by Gasteiger charge is 2.01. The highest BCUT2D eigenvalue weighted by molar-refractivity contribution is 5.85. The van der Waals surface area contributed by atoms with Gasteiger partial charge in [-0.3, -0.25) is 0 Å². The van der Waals surface area contributed by atoms with Crippen LogP contribution >= 0.6 is 0 Å². The van der Waals surface area contributed by atoms with Crippen molar-refractivity contribution < 1.29 is 24.9 Å². The third-order valence-corrected chi connectivity index (χ3v) is 1.57. The molecule has 0 aliphatic rings. The van der Waals surface area contributed by atoms with Crippen molar-refractivity contribution in [1.29, 1.82) is 0 Å². The molecule has 1 unspecified atom stereocenters. The molecule has 0 aliphatic heterocycles. The topological polar surface area (TPSA) is 87.0 Å². The molecule has 82 valence electrons. The van der Waals surface area contributed by atoms with Crippen molar-refractivity contribution in [2.75, 3.05) is 19.8 Å². The average molecular weight is 204 g/mol. The molecule has 0 saturated heterocycles. The average Bonchev–Trinajstić information content (AvgIpc) is 2.16. The molecular weight excluding hydrogens is 188 g/mol. The van der Waals surface area contributed by atoms with Gasteiger partial charge in [0.15, 0.2) is 0 Å². The number of aliphatic carboxylic acids is 1. The van der Waals surface area contributed by atoms with E-state index in [0.717, 1.165) is 0 Å². The van der Waals surface area contributed by atoms with Crippen molar-refractivity contribution in [3.8, 4) is 0 Å². The minimum absolute atomic E-state index is 0.0659. The number of aliphatic hydroxyl groups excluding tert-OH is 2. The van der Waals surface area contributed by atoms with Gasteiger partial charge in [0.2, 0.25) is 0 Å². The molecule has 0 bridgehead atoms. The molecule has 1 atom stereocenters. The first-order chi connectivity index (χ1) is 6.57. The van der Waals surface area contributed by atoms with Crippen molar-refractivity contribution in [3.05, 3.63) is 11.6 Å². The molecule has 0 heterocycles. The van der Waals surface area contributed by atoms with Crippen LogP contribution in [0.5, 0.6) is 0 Å². The lowest BCUT2D eigenvalue weighted by atomic mass is 10.2. The Morgan fingerprint density at radius 3 is 2.71 bits per heavy atom.